The molecule has 6 nitrogen and oxygen atoms in total. The van der Waals surface area contributed by atoms with Gasteiger partial charge in [-0.2, -0.15) is 0 Å². The van der Waals surface area contributed by atoms with E-state index >= 15 is 0 Å². The second-order valence-corrected chi connectivity index (χ2v) is 3.98. The van der Waals surface area contributed by atoms with Crippen LogP contribution in [0.4, 0.5) is 5.69 Å². The molecule has 0 aliphatic carbocycles. The maximum Gasteiger partial charge on any atom is 0.339 e. The average molecular weight is 260 g/mol. The summed E-state index contributed by atoms with van der Waals surface area (Å²) >= 11 is 0. The van der Waals surface area contributed by atoms with Gasteiger partial charge in [-0.25, -0.2) is 4.79 Å². The molecular formula is C13H12N2O4. The molecule has 0 radical (unpaired) electrons. The summed E-state index contributed by atoms with van der Waals surface area (Å²) in [5.74, 6) is -0.471. The lowest BCUT2D eigenvalue weighted by Gasteiger charge is -2.06. The van der Waals surface area contributed by atoms with E-state index in [2.05, 4.69) is 4.98 Å². The summed E-state index contributed by atoms with van der Waals surface area (Å²) in [4.78, 5) is 26.2. The van der Waals surface area contributed by atoms with Crippen LogP contribution in [0.3, 0.4) is 0 Å². The van der Waals surface area contributed by atoms with Crippen LogP contribution in [0.5, 0.6) is 0 Å². The van der Waals surface area contributed by atoms with Crippen LogP contribution in [-0.2, 0) is 4.74 Å². The van der Waals surface area contributed by atoms with Crippen LogP contribution >= 0.6 is 0 Å². The van der Waals surface area contributed by atoms with Gasteiger partial charge in [0, 0.05) is 17.5 Å². The van der Waals surface area contributed by atoms with E-state index in [4.69, 9.17) is 4.74 Å². The molecule has 19 heavy (non-hydrogen) atoms. The molecule has 0 unspecified atom stereocenters. The molecule has 0 bridgehead atoms. The summed E-state index contributed by atoms with van der Waals surface area (Å²) in [6, 6.07) is 5.92. The molecule has 0 fully saturated rings. The Morgan fingerprint density at radius 3 is 2.79 bits per heavy atom. The van der Waals surface area contributed by atoms with Crippen molar-refractivity contribution in [2.75, 3.05) is 6.61 Å². The van der Waals surface area contributed by atoms with Crippen molar-refractivity contribution < 1.29 is 14.5 Å². The van der Waals surface area contributed by atoms with Gasteiger partial charge in [0.1, 0.15) is 0 Å². The number of carbonyl (C=O) groups excluding carboxylic acids is 1. The number of aromatic nitrogens is 1. The number of esters is 1. The first-order valence-electron chi connectivity index (χ1n) is 5.76. The van der Waals surface area contributed by atoms with Crippen LogP contribution in [0.1, 0.15) is 23.0 Å². The predicted octanol–water partition coefficient (Wildman–Crippen LogP) is 2.63. The van der Waals surface area contributed by atoms with E-state index in [1.807, 2.05) is 0 Å². The SMILES string of the molecule is CCOC(=O)c1cc2cc([N+](=O)[O-])ccc2nc1C. The Morgan fingerprint density at radius 1 is 1.42 bits per heavy atom. The third-order valence-electron chi connectivity index (χ3n) is 2.70. The Kier molecular flexibility index (Phi) is 3.41. The summed E-state index contributed by atoms with van der Waals surface area (Å²) in [6.45, 7) is 3.69. The number of hydrogen-bond acceptors (Lipinski definition) is 5. The number of rotatable bonds is 3. The van der Waals surface area contributed by atoms with Crippen LogP contribution in [-0.4, -0.2) is 22.5 Å². The van der Waals surface area contributed by atoms with Crippen molar-refractivity contribution in [3.05, 3.63) is 45.6 Å². The number of aryl methyl sites for hydroxylation is 1. The topological polar surface area (TPSA) is 82.3 Å². The van der Waals surface area contributed by atoms with E-state index < -0.39 is 10.9 Å². The first kappa shape index (κ1) is 12.9. The summed E-state index contributed by atoms with van der Waals surface area (Å²) < 4.78 is 4.92. The number of ether oxygens (including phenoxy) is 1. The fourth-order valence-electron chi connectivity index (χ4n) is 1.79. The van der Waals surface area contributed by atoms with E-state index in [0.717, 1.165) is 0 Å². The smallest absolute Gasteiger partial charge is 0.339 e. The number of non-ortho nitro benzene ring substituents is 1. The van der Waals surface area contributed by atoms with E-state index in [1.54, 1.807) is 26.0 Å². The quantitative estimate of drug-likeness (QED) is 0.481. The van der Waals surface area contributed by atoms with Crippen LogP contribution < -0.4 is 0 Å². The van der Waals surface area contributed by atoms with Crippen LogP contribution in [0.2, 0.25) is 0 Å². The van der Waals surface area contributed by atoms with Gasteiger partial charge in [0.2, 0.25) is 0 Å². The van der Waals surface area contributed by atoms with Crippen molar-refractivity contribution in [2.24, 2.45) is 0 Å². The van der Waals surface area contributed by atoms with Gasteiger partial charge >= 0.3 is 5.97 Å². The fraction of sp³-hybridized carbons (Fsp3) is 0.231. The Labute approximate surface area is 109 Å². The largest absolute Gasteiger partial charge is 0.462 e. The van der Waals surface area contributed by atoms with Crippen LogP contribution in [0, 0.1) is 17.0 Å². The van der Waals surface area contributed by atoms with Crippen molar-refractivity contribution in [2.45, 2.75) is 13.8 Å². The van der Waals surface area contributed by atoms with E-state index in [1.165, 1.54) is 12.1 Å². The molecule has 0 saturated carbocycles. The molecule has 2 rings (SSSR count). The van der Waals surface area contributed by atoms with Crippen LogP contribution in [0.25, 0.3) is 10.9 Å². The predicted molar refractivity (Wildman–Crippen MR) is 69.1 cm³/mol. The normalized spacial score (nSPS) is 10.4. The molecule has 1 heterocycles. The van der Waals surface area contributed by atoms with Gasteiger partial charge in [-0.15, -0.1) is 0 Å². The Bertz CT molecular complexity index is 667. The average Bonchev–Trinajstić information content (AvgIpc) is 2.37. The number of benzene rings is 1. The second-order valence-electron chi connectivity index (χ2n) is 3.98. The van der Waals surface area contributed by atoms with E-state index in [0.29, 0.717) is 22.2 Å². The van der Waals surface area contributed by atoms with Gasteiger partial charge in [-0.1, -0.05) is 0 Å². The highest BCUT2D eigenvalue weighted by molar-refractivity contribution is 5.95. The van der Waals surface area contributed by atoms with Crippen molar-refractivity contribution >= 4 is 22.6 Å². The zero-order valence-electron chi connectivity index (χ0n) is 10.5. The Hall–Kier alpha value is -2.50. The first-order valence-corrected chi connectivity index (χ1v) is 5.76. The molecule has 0 N–H and O–H groups in total. The Morgan fingerprint density at radius 2 is 2.16 bits per heavy atom. The van der Waals surface area contributed by atoms with Gasteiger partial charge in [0.05, 0.1) is 28.3 Å². The van der Waals surface area contributed by atoms with Gasteiger partial charge < -0.3 is 4.74 Å². The molecule has 0 spiro atoms. The molecule has 0 amide bonds. The zero-order valence-corrected chi connectivity index (χ0v) is 10.5. The molecular weight excluding hydrogens is 248 g/mol. The number of hydrogen-bond donors (Lipinski definition) is 0. The number of nitrogens with zero attached hydrogens (tertiary/aromatic N) is 2. The molecule has 2 aromatic rings. The third-order valence-corrected chi connectivity index (χ3v) is 2.70. The number of pyridine rings is 1. The van der Waals surface area contributed by atoms with Crippen molar-refractivity contribution in [3.8, 4) is 0 Å². The molecule has 0 aliphatic heterocycles. The lowest BCUT2D eigenvalue weighted by Crippen LogP contribution is -2.08. The summed E-state index contributed by atoms with van der Waals surface area (Å²) in [5.41, 5.74) is 1.44. The number of nitro benzene ring substituents is 1. The second kappa shape index (κ2) is 5.01. The minimum atomic E-state index is -0.483. The number of nitro groups is 1. The minimum Gasteiger partial charge on any atom is -0.462 e. The van der Waals surface area contributed by atoms with Crippen LogP contribution in [0.15, 0.2) is 24.3 Å². The molecule has 0 saturated heterocycles. The molecule has 98 valence electrons. The minimum absolute atomic E-state index is 0.0343. The standard InChI is InChI=1S/C13H12N2O4/c1-3-19-13(16)11-7-9-6-10(15(17)18)4-5-12(9)14-8(11)2/h4-7H,3H2,1-2H3. The lowest BCUT2D eigenvalue weighted by molar-refractivity contribution is -0.384. The third kappa shape index (κ3) is 2.52. The zero-order chi connectivity index (χ0) is 14.0. The molecule has 0 aliphatic rings. The maximum atomic E-state index is 11.7. The van der Waals surface area contributed by atoms with Gasteiger partial charge in [-0.3, -0.25) is 15.1 Å². The monoisotopic (exact) mass is 260 g/mol. The fourth-order valence-corrected chi connectivity index (χ4v) is 1.79. The lowest BCUT2D eigenvalue weighted by atomic mass is 10.1. The van der Waals surface area contributed by atoms with E-state index in [-0.39, 0.29) is 12.3 Å². The van der Waals surface area contributed by atoms with Gasteiger partial charge in [0.25, 0.3) is 5.69 Å². The molecule has 0 atom stereocenters. The van der Waals surface area contributed by atoms with Gasteiger partial charge in [0.15, 0.2) is 0 Å². The van der Waals surface area contributed by atoms with Gasteiger partial charge in [-0.05, 0) is 26.0 Å². The van der Waals surface area contributed by atoms with Crippen molar-refractivity contribution in [3.63, 3.8) is 0 Å². The van der Waals surface area contributed by atoms with Crippen molar-refractivity contribution in [1.29, 1.82) is 0 Å². The summed E-state index contributed by atoms with van der Waals surface area (Å²) in [6.07, 6.45) is 0. The summed E-state index contributed by atoms with van der Waals surface area (Å²) in [7, 11) is 0. The highest BCUT2D eigenvalue weighted by Gasteiger charge is 2.14. The molecule has 1 aromatic heterocycles. The number of fused-ring (bicyclic) bond motifs is 1. The summed E-state index contributed by atoms with van der Waals surface area (Å²) in [5, 5.41) is 11.3. The molecule has 1 aromatic carbocycles. The maximum absolute atomic E-state index is 11.7. The Balaban J connectivity index is 2.58. The highest BCUT2D eigenvalue weighted by Crippen LogP contribution is 2.22. The highest BCUT2D eigenvalue weighted by atomic mass is 16.6. The first-order chi connectivity index (χ1) is 9.02. The molecule has 6 heteroatoms. The number of carbonyl (C=O) groups is 1. The van der Waals surface area contributed by atoms with Crippen molar-refractivity contribution in [1.82, 2.24) is 4.98 Å². The van der Waals surface area contributed by atoms with E-state index in [9.17, 15) is 14.9 Å².